The number of benzene rings is 1. The van der Waals surface area contributed by atoms with Gasteiger partial charge in [-0.2, -0.15) is 0 Å². The molecule has 1 aromatic carbocycles. The van der Waals surface area contributed by atoms with Crippen LogP contribution in [-0.4, -0.2) is 23.5 Å². The Morgan fingerprint density at radius 1 is 1.17 bits per heavy atom. The van der Waals surface area contributed by atoms with Crippen LogP contribution in [0.2, 0.25) is 10.0 Å². The predicted molar refractivity (Wildman–Crippen MR) is 89.1 cm³/mol. The Morgan fingerprint density at radius 2 is 1.87 bits per heavy atom. The van der Waals surface area contributed by atoms with Crippen LogP contribution in [0.25, 0.3) is 0 Å². The average molecular weight is 353 g/mol. The number of carbonyl (C=O) groups is 2. The van der Waals surface area contributed by atoms with Crippen LogP contribution in [0.4, 0.5) is 5.82 Å². The quantitative estimate of drug-likeness (QED) is 0.849. The number of esters is 1. The molecule has 0 saturated heterocycles. The van der Waals surface area contributed by atoms with E-state index in [-0.39, 0.29) is 10.8 Å². The normalized spacial score (nSPS) is 10.3. The zero-order valence-corrected chi connectivity index (χ0v) is 14.0. The molecule has 1 amide bonds. The lowest BCUT2D eigenvalue weighted by Gasteiger charge is -2.09. The molecule has 0 aliphatic rings. The molecule has 2 aromatic rings. The number of nitrogens with zero attached hydrogens (tertiary/aromatic N) is 1. The van der Waals surface area contributed by atoms with Crippen LogP contribution < -0.4 is 5.32 Å². The minimum absolute atomic E-state index is 0.172. The first-order valence-electron chi connectivity index (χ1n) is 6.73. The molecule has 0 bridgehead atoms. The van der Waals surface area contributed by atoms with Crippen molar-refractivity contribution in [3.05, 3.63) is 57.2 Å². The van der Waals surface area contributed by atoms with Crippen molar-refractivity contribution in [3.63, 3.8) is 0 Å². The lowest BCUT2D eigenvalue weighted by molar-refractivity contribution is -0.119. The number of aryl methyl sites for hydroxylation is 2. The summed E-state index contributed by atoms with van der Waals surface area (Å²) in [5, 5.41) is 3.09. The van der Waals surface area contributed by atoms with Crippen molar-refractivity contribution < 1.29 is 14.3 Å². The number of carbonyl (C=O) groups excluding carboxylic acids is 2. The van der Waals surface area contributed by atoms with E-state index in [1.165, 1.54) is 6.07 Å². The first kappa shape index (κ1) is 17.2. The van der Waals surface area contributed by atoms with Gasteiger partial charge in [0.05, 0.1) is 21.3 Å². The number of hydrogen-bond donors (Lipinski definition) is 1. The van der Waals surface area contributed by atoms with Crippen molar-refractivity contribution >= 4 is 40.9 Å². The molecule has 2 rings (SSSR count). The Balaban J connectivity index is 1.97. The number of pyridine rings is 1. The number of anilines is 1. The first-order chi connectivity index (χ1) is 10.9. The van der Waals surface area contributed by atoms with Crippen LogP contribution in [-0.2, 0) is 9.53 Å². The molecule has 7 heteroatoms. The number of hydrogen-bond acceptors (Lipinski definition) is 4. The third kappa shape index (κ3) is 4.43. The van der Waals surface area contributed by atoms with Crippen LogP contribution in [0.1, 0.15) is 21.6 Å². The van der Waals surface area contributed by atoms with E-state index in [0.29, 0.717) is 16.3 Å². The summed E-state index contributed by atoms with van der Waals surface area (Å²) in [7, 11) is 0. The Morgan fingerprint density at radius 3 is 2.57 bits per heavy atom. The molecule has 0 radical (unpaired) electrons. The molecular weight excluding hydrogens is 339 g/mol. The molecule has 0 fully saturated rings. The fourth-order valence-electron chi connectivity index (χ4n) is 1.83. The number of aromatic nitrogens is 1. The number of amides is 1. The maximum absolute atomic E-state index is 11.9. The van der Waals surface area contributed by atoms with Gasteiger partial charge in [0, 0.05) is 0 Å². The van der Waals surface area contributed by atoms with Gasteiger partial charge in [-0.1, -0.05) is 41.4 Å². The van der Waals surface area contributed by atoms with Crippen molar-refractivity contribution in [1.82, 2.24) is 4.98 Å². The van der Waals surface area contributed by atoms with Gasteiger partial charge < -0.3 is 10.1 Å². The summed E-state index contributed by atoms with van der Waals surface area (Å²) in [6.07, 6.45) is 0. The highest BCUT2D eigenvalue weighted by Gasteiger charge is 2.14. The summed E-state index contributed by atoms with van der Waals surface area (Å²) in [6, 6.07) is 8.45. The highest BCUT2D eigenvalue weighted by Crippen LogP contribution is 2.25. The maximum Gasteiger partial charge on any atom is 0.338 e. The first-order valence-corrected chi connectivity index (χ1v) is 7.49. The maximum atomic E-state index is 11.9. The SMILES string of the molecule is Cc1ccccc1C(=O)OCC(=O)Nc1nc(C)c(Cl)cc1Cl. The minimum atomic E-state index is -0.565. The summed E-state index contributed by atoms with van der Waals surface area (Å²) < 4.78 is 4.99. The van der Waals surface area contributed by atoms with Crippen LogP contribution in [0.5, 0.6) is 0 Å². The van der Waals surface area contributed by atoms with Crippen molar-refractivity contribution in [2.75, 3.05) is 11.9 Å². The van der Waals surface area contributed by atoms with E-state index in [1.807, 2.05) is 6.07 Å². The van der Waals surface area contributed by atoms with E-state index in [1.54, 1.807) is 32.0 Å². The number of ether oxygens (including phenoxy) is 1. The minimum Gasteiger partial charge on any atom is -0.452 e. The van der Waals surface area contributed by atoms with Crippen LogP contribution >= 0.6 is 23.2 Å². The largest absolute Gasteiger partial charge is 0.452 e. The Labute approximate surface area is 143 Å². The van der Waals surface area contributed by atoms with E-state index in [9.17, 15) is 9.59 Å². The van der Waals surface area contributed by atoms with Gasteiger partial charge in [-0.3, -0.25) is 4.79 Å². The molecule has 23 heavy (non-hydrogen) atoms. The standard InChI is InChI=1S/C16H14Cl2N2O3/c1-9-5-3-4-6-11(9)16(22)23-8-14(21)20-15-13(18)7-12(17)10(2)19-15/h3-7H,8H2,1-2H3,(H,19,20,21). The van der Waals surface area contributed by atoms with Crippen LogP contribution in [0.15, 0.2) is 30.3 Å². The van der Waals surface area contributed by atoms with Crippen molar-refractivity contribution in [1.29, 1.82) is 0 Å². The molecule has 0 aliphatic carbocycles. The average Bonchev–Trinajstić information content (AvgIpc) is 2.51. The van der Waals surface area contributed by atoms with E-state index in [0.717, 1.165) is 5.56 Å². The second kappa shape index (κ2) is 7.44. The van der Waals surface area contributed by atoms with Gasteiger partial charge in [0.1, 0.15) is 0 Å². The highest BCUT2D eigenvalue weighted by atomic mass is 35.5. The van der Waals surface area contributed by atoms with E-state index in [4.69, 9.17) is 27.9 Å². The fraction of sp³-hybridized carbons (Fsp3) is 0.188. The Bertz CT molecular complexity index is 763. The number of nitrogens with one attached hydrogen (secondary N) is 1. The molecule has 0 spiro atoms. The molecule has 5 nitrogen and oxygen atoms in total. The summed E-state index contributed by atoms with van der Waals surface area (Å²) in [5.74, 6) is -0.932. The van der Waals surface area contributed by atoms with Gasteiger partial charge >= 0.3 is 5.97 Å². The van der Waals surface area contributed by atoms with Crippen molar-refractivity contribution in [2.24, 2.45) is 0 Å². The zero-order valence-electron chi connectivity index (χ0n) is 12.5. The van der Waals surface area contributed by atoms with Gasteiger partial charge in [-0.05, 0) is 31.5 Å². The third-order valence-electron chi connectivity index (χ3n) is 3.06. The summed E-state index contributed by atoms with van der Waals surface area (Å²) in [4.78, 5) is 27.9. The van der Waals surface area contributed by atoms with Gasteiger partial charge in [0.25, 0.3) is 5.91 Å². The monoisotopic (exact) mass is 352 g/mol. The lowest BCUT2D eigenvalue weighted by Crippen LogP contribution is -2.22. The lowest BCUT2D eigenvalue weighted by atomic mass is 10.1. The number of rotatable bonds is 4. The fourth-order valence-corrected chi connectivity index (χ4v) is 2.23. The molecule has 1 heterocycles. The Hall–Kier alpha value is -2.11. The van der Waals surface area contributed by atoms with Crippen LogP contribution in [0, 0.1) is 13.8 Å². The molecule has 1 N–H and O–H groups in total. The van der Waals surface area contributed by atoms with Crippen LogP contribution in [0.3, 0.4) is 0 Å². The molecule has 0 atom stereocenters. The molecule has 1 aromatic heterocycles. The van der Waals surface area contributed by atoms with Gasteiger partial charge in [0.15, 0.2) is 12.4 Å². The second-order valence-electron chi connectivity index (χ2n) is 4.83. The Kier molecular flexibility index (Phi) is 5.58. The summed E-state index contributed by atoms with van der Waals surface area (Å²) in [5.41, 5.74) is 1.72. The zero-order chi connectivity index (χ0) is 17.0. The predicted octanol–water partition coefficient (Wildman–Crippen LogP) is 3.80. The van der Waals surface area contributed by atoms with Gasteiger partial charge in [-0.15, -0.1) is 0 Å². The van der Waals surface area contributed by atoms with Crippen molar-refractivity contribution in [2.45, 2.75) is 13.8 Å². The topological polar surface area (TPSA) is 68.3 Å². The summed E-state index contributed by atoms with van der Waals surface area (Å²) in [6.45, 7) is 3.04. The van der Waals surface area contributed by atoms with E-state index in [2.05, 4.69) is 10.3 Å². The molecule has 0 aliphatic heterocycles. The third-order valence-corrected chi connectivity index (χ3v) is 3.73. The van der Waals surface area contributed by atoms with Gasteiger partial charge in [0.2, 0.25) is 0 Å². The second-order valence-corrected chi connectivity index (χ2v) is 5.64. The molecular formula is C16H14Cl2N2O3. The number of halogens is 2. The highest BCUT2D eigenvalue weighted by molar-refractivity contribution is 6.36. The van der Waals surface area contributed by atoms with E-state index < -0.39 is 18.5 Å². The van der Waals surface area contributed by atoms with E-state index >= 15 is 0 Å². The molecule has 0 unspecified atom stereocenters. The molecule has 120 valence electrons. The molecule has 0 saturated carbocycles. The van der Waals surface area contributed by atoms with Crippen molar-refractivity contribution in [3.8, 4) is 0 Å². The smallest absolute Gasteiger partial charge is 0.338 e. The van der Waals surface area contributed by atoms with Gasteiger partial charge in [-0.25, -0.2) is 9.78 Å². The summed E-state index contributed by atoms with van der Waals surface area (Å²) >= 11 is 11.8.